The van der Waals surface area contributed by atoms with Crippen LogP contribution < -0.4 is 10.6 Å². The fourth-order valence-corrected chi connectivity index (χ4v) is 1.36. The highest BCUT2D eigenvalue weighted by Crippen LogP contribution is 2.11. The molecule has 1 atom stereocenters. The Bertz CT molecular complexity index is 357. The molecule has 5 nitrogen and oxygen atoms in total. The molecular formula is C11H19N4O. The van der Waals surface area contributed by atoms with E-state index in [2.05, 4.69) is 5.10 Å². The molecule has 1 rings (SSSR count). The zero-order valence-corrected chi connectivity index (χ0v) is 10.3. The summed E-state index contributed by atoms with van der Waals surface area (Å²) in [6.45, 7) is 6.51. The van der Waals surface area contributed by atoms with Crippen molar-refractivity contribution in [2.75, 3.05) is 11.9 Å². The lowest BCUT2D eigenvalue weighted by Gasteiger charge is -2.16. The van der Waals surface area contributed by atoms with Gasteiger partial charge in [-0.2, -0.15) is 5.10 Å². The lowest BCUT2D eigenvalue weighted by atomic mass is 10.2. The Morgan fingerprint density at radius 2 is 2.25 bits per heavy atom. The molecule has 0 aliphatic carbocycles. The van der Waals surface area contributed by atoms with E-state index in [1.165, 1.54) is 10.8 Å². The fraction of sp³-hybridized carbons (Fsp3) is 0.545. The number of hydrogen-bond donors (Lipinski definition) is 1. The largest absolute Gasteiger partial charge is 0.320 e. The highest BCUT2D eigenvalue weighted by Gasteiger charge is 2.16. The summed E-state index contributed by atoms with van der Waals surface area (Å²) in [5.74, 6) is 1.75. The van der Waals surface area contributed by atoms with Crippen LogP contribution in [0.4, 0.5) is 5.82 Å². The second-order valence-electron chi connectivity index (χ2n) is 4.26. The first-order chi connectivity index (χ1) is 7.41. The molecule has 16 heavy (non-hydrogen) atoms. The first-order valence-corrected chi connectivity index (χ1v) is 5.27. The van der Waals surface area contributed by atoms with Crippen molar-refractivity contribution in [3.63, 3.8) is 0 Å². The van der Waals surface area contributed by atoms with Gasteiger partial charge in [0.1, 0.15) is 0 Å². The van der Waals surface area contributed by atoms with E-state index in [-0.39, 0.29) is 5.91 Å². The molecule has 2 N–H and O–H groups in total. The van der Waals surface area contributed by atoms with Gasteiger partial charge < -0.3 is 5.73 Å². The van der Waals surface area contributed by atoms with Crippen molar-refractivity contribution in [1.29, 1.82) is 0 Å². The SMILES string of the molecule is C[C](C)Cn1ccc(N(C)C(=O)[C@H](C)N)n1. The second kappa shape index (κ2) is 5.12. The summed E-state index contributed by atoms with van der Waals surface area (Å²) in [6, 6.07) is 1.30. The molecule has 1 amide bonds. The first kappa shape index (κ1) is 12.7. The van der Waals surface area contributed by atoms with Gasteiger partial charge in [-0.3, -0.25) is 14.4 Å². The van der Waals surface area contributed by atoms with E-state index >= 15 is 0 Å². The number of carbonyl (C=O) groups excluding carboxylic acids is 1. The van der Waals surface area contributed by atoms with E-state index in [0.29, 0.717) is 5.82 Å². The summed E-state index contributed by atoms with van der Waals surface area (Å²) in [5, 5.41) is 4.30. The summed E-state index contributed by atoms with van der Waals surface area (Å²) in [5.41, 5.74) is 5.53. The normalized spacial score (nSPS) is 12.9. The van der Waals surface area contributed by atoms with Crippen molar-refractivity contribution in [1.82, 2.24) is 9.78 Å². The third kappa shape index (κ3) is 3.06. The molecule has 0 bridgehead atoms. The van der Waals surface area contributed by atoms with Gasteiger partial charge in [-0.25, -0.2) is 0 Å². The van der Waals surface area contributed by atoms with Gasteiger partial charge >= 0.3 is 0 Å². The number of carbonyl (C=O) groups is 1. The molecule has 0 aromatic carbocycles. The second-order valence-corrected chi connectivity index (χ2v) is 4.26. The molecular weight excluding hydrogens is 204 g/mol. The smallest absolute Gasteiger partial charge is 0.244 e. The molecule has 0 aliphatic rings. The van der Waals surface area contributed by atoms with Gasteiger partial charge in [-0.05, 0) is 12.8 Å². The van der Waals surface area contributed by atoms with Gasteiger partial charge in [0.2, 0.25) is 5.91 Å². The molecule has 0 spiro atoms. The monoisotopic (exact) mass is 223 g/mol. The summed E-state index contributed by atoms with van der Waals surface area (Å²) in [4.78, 5) is 13.1. The maximum Gasteiger partial charge on any atom is 0.244 e. The summed E-state index contributed by atoms with van der Waals surface area (Å²) in [7, 11) is 1.68. The Hall–Kier alpha value is -1.36. The molecule has 0 unspecified atom stereocenters. The van der Waals surface area contributed by atoms with Crippen LogP contribution in [0.1, 0.15) is 20.8 Å². The van der Waals surface area contributed by atoms with E-state index in [4.69, 9.17) is 5.73 Å². The molecule has 1 heterocycles. The van der Waals surface area contributed by atoms with Crippen LogP contribution in [0, 0.1) is 5.92 Å². The molecule has 0 aliphatic heterocycles. The van der Waals surface area contributed by atoms with Crippen molar-refractivity contribution in [2.45, 2.75) is 33.4 Å². The van der Waals surface area contributed by atoms with Gasteiger partial charge in [-0.15, -0.1) is 0 Å². The molecule has 1 aromatic heterocycles. The van der Waals surface area contributed by atoms with Crippen LogP contribution in [-0.4, -0.2) is 28.8 Å². The summed E-state index contributed by atoms with van der Waals surface area (Å²) >= 11 is 0. The Balaban J connectivity index is 2.74. The maximum atomic E-state index is 11.6. The number of nitrogens with two attached hydrogens (primary N) is 1. The molecule has 0 saturated carbocycles. The average Bonchev–Trinajstić information content (AvgIpc) is 2.62. The van der Waals surface area contributed by atoms with Crippen molar-refractivity contribution >= 4 is 11.7 Å². The minimum atomic E-state index is -0.505. The van der Waals surface area contributed by atoms with Gasteiger partial charge in [0, 0.05) is 25.9 Å². The maximum absolute atomic E-state index is 11.6. The van der Waals surface area contributed by atoms with Crippen LogP contribution in [-0.2, 0) is 11.3 Å². The van der Waals surface area contributed by atoms with E-state index < -0.39 is 6.04 Å². The Kier molecular flexibility index (Phi) is 4.06. The van der Waals surface area contributed by atoms with Crippen molar-refractivity contribution < 1.29 is 4.79 Å². The van der Waals surface area contributed by atoms with Crippen LogP contribution in [0.15, 0.2) is 12.3 Å². The number of hydrogen-bond acceptors (Lipinski definition) is 3. The van der Waals surface area contributed by atoms with E-state index in [0.717, 1.165) is 6.54 Å². The molecule has 1 aromatic rings. The van der Waals surface area contributed by atoms with E-state index in [9.17, 15) is 4.79 Å². The van der Waals surface area contributed by atoms with Crippen LogP contribution in [0.25, 0.3) is 0 Å². The summed E-state index contributed by atoms with van der Waals surface area (Å²) in [6.07, 6.45) is 1.85. The summed E-state index contributed by atoms with van der Waals surface area (Å²) < 4.78 is 1.80. The van der Waals surface area contributed by atoms with Crippen LogP contribution in [0.5, 0.6) is 0 Å². The number of likely N-dealkylation sites (N-methyl/N-ethyl adjacent to an activating group) is 1. The first-order valence-electron chi connectivity index (χ1n) is 5.27. The van der Waals surface area contributed by atoms with Crippen molar-refractivity contribution in [3.05, 3.63) is 18.2 Å². The Morgan fingerprint density at radius 1 is 1.62 bits per heavy atom. The van der Waals surface area contributed by atoms with E-state index in [1.54, 1.807) is 18.7 Å². The molecule has 5 heteroatoms. The van der Waals surface area contributed by atoms with Gasteiger partial charge in [-0.1, -0.05) is 13.8 Å². The predicted molar refractivity (Wildman–Crippen MR) is 63.9 cm³/mol. The minimum Gasteiger partial charge on any atom is -0.320 e. The molecule has 0 fully saturated rings. The van der Waals surface area contributed by atoms with Crippen LogP contribution >= 0.6 is 0 Å². The van der Waals surface area contributed by atoms with Gasteiger partial charge in [0.05, 0.1) is 6.04 Å². The molecule has 0 saturated heterocycles. The Labute approximate surface area is 96.2 Å². The third-order valence-corrected chi connectivity index (χ3v) is 2.17. The molecule has 1 radical (unpaired) electrons. The quantitative estimate of drug-likeness (QED) is 0.821. The van der Waals surface area contributed by atoms with Crippen LogP contribution in [0.3, 0.4) is 0 Å². The number of anilines is 1. The predicted octanol–water partition coefficient (Wildman–Crippen LogP) is 0.807. The number of nitrogens with zero attached hydrogens (tertiary/aromatic N) is 3. The lowest BCUT2D eigenvalue weighted by molar-refractivity contribution is -0.119. The average molecular weight is 223 g/mol. The van der Waals surface area contributed by atoms with Crippen molar-refractivity contribution in [2.24, 2.45) is 5.73 Å². The number of rotatable bonds is 4. The van der Waals surface area contributed by atoms with E-state index in [1.807, 2.05) is 26.1 Å². The van der Waals surface area contributed by atoms with Crippen molar-refractivity contribution in [3.8, 4) is 0 Å². The number of aromatic nitrogens is 2. The molecule has 89 valence electrons. The number of amides is 1. The minimum absolute atomic E-state index is 0.137. The highest BCUT2D eigenvalue weighted by atomic mass is 16.2. The zero-order chi connectivity index (χ0) is 12.3. The van der Waals surface area contributed by atoms with Crippen LogP contribution in [0.2, 0.25) is 0 Å². The highest BCUT2D eigenvalue weighted by molar-refractivity contribution is 5.95. The lowest BCUT2D eigenvalue weighted by Crippen LogP contribution is -2.40. The van der Waals surface area contributed by atoms with Gasteiger partial charge in [0.25, 0.3) is 0 Å². The topological polar surface area (TPSA) is 64.2 Å². The third-order valence-electron chi connectivity index (χ3n) is 2.17. The Morgan fingerprint density at radius 3 is 2.75 bits per heavy atom. The standard InChI is InChI=1S/C11H19N4O/c1-8(2)7-15-6-5-10(13-15)14(4)11(16)9(3)12/h5-6,9H,7,12H2,1-4H3/t9-/m0/s1. The zero-order valence-electron chi connectivity index (χ0n) is 10.3. The fourth-order valence-electron chi connectivity index (χ4n) is 1.36. The van der Waals surface area contributed by atoms with Gasteiger partial charge in [0.15, 0.2) is 5.82 Å².